The van der Waals surface area contributed by atoms with Gasteiger partial charge in [-0.25, -0.2) is 0 Å². The number of carbonyl (C=O) groups excluding carboxylic acids is 2. The molecule has 104 valence electrons. The Labute approximate surface area is 117 Å². The molecule has 0 N–H and O–H groups in total. The number of carbonyl (C=O) groups is 2. The molecule has 0 bridgehead atoms. The molecule has 0 spiro atoms. The zero-order valence-electron chi connectivity index (χ0n) is 11.5. The molecule has 0 amide bonds. The summed E-state index contributed by atoms with van der Waals surface area (Å²) in [5.74, 6) is -1.52. The number of hydrogen-bond donors (Lipinski definition) is 0. The predicted octanol–water partition coefficient (Wildman–Crippen LogP) is 2.66. The van der Waals surface area contributed by atoms with Crippen molar-refractivity contribution in [2.75, 3.05) is 14.2 Å². The Kier molecular flexibility index (Phi) is 4.35. The normalized spacial score (nSPS) is 11.9. The maximum Gasteiger partial charge on any atom is 0.313 e. The summed E-state index contributed by atoms with van der Waals surface area (Å²) in [6, 6.07) is 13.5. The summed E-state index contributed by atoms with van der Waals surface area (Å²) >= 11 is 0. The van der Waals surface area contributed by atoms with Gasteiger partial charge >= 0.3 is 11.9 Å². The van der Waals surface area contributed by atoms with Crippen molar-refractivity contribution in [2.45, 2.75) is 12.3 Å². The van der Waals surface area contributed by atoms with Gasteiger partial charge in [-0.15, -0.1) is 0 Å². The van der Waals surface area contributed by atoms with Gasteiger partial charge in [-0.3, -0.25) is 9.59 Å². The maximum absolute atomic E-state index is 11.9. The van der Waals surface area contributed by atoms with Crippen LogP contribution in [0.5, 0.6) is 0 Å². The molecule has 4 nitrogen and oxygen atoms in total. The number of rotatable bonds is 4. The fourth-order valence-corrected chi connectivity index (χ4v) is 2.15. The molecule has 20 heavy (non-hydrogen) atoms. The van der Waals surface area contributed by atoms with E-state index < -0.39 is 17.9 Å². The van der Waals surface area contributed by atoms with Gasteiger partial charge in [0.15, 0.2) is 0 Å². The van der Waals surface area contributed by atoms with Gasteiger partial charge in [0.1, 0.15) is 0 Å². The molecule has 0 saturated heterocycles. The summed E-state index contributed by atoms with van der Waals surface area (Å²) in [7, 11) is 2.62. The van der Waals surface area contributed by atoms with Crippen molar-refractivity contribution in [2.24, 2.45) is 0 Å². The molecule has 0 saturated carbocycles. The van der Waals surface area contributed by atoms with Gasteiger partial charge in [-0.1, -0.05) is 42.5 Å². The molecule has 2 rings (SSSR count). The molecular formula is C16H16O4. The Morgan fingerprint density at radius 2 is 1.70 bits per heavy atom. The van der Waals surface area contributed by atoms with Crippen molar-refractivity contribution >= 4 is 22.7 Å². The van der Waals surface area contributed by atoms with Gasteiger partial charge in [0.2, 0.25) is 0 Å². The van der Waals surface area contributed by atoms with Crippen LogP contribution in [0.4, 0.5) is 0 Å². The third-order valence-electron chi connectivity index (χ3n) is 3.26. The van der Waals surface area contributed by atoms with Gasteiger partial charge in [0.05, 0.1) is 26.6 Å². The highest BCUT2D eigenvalue weighted by atomic mass is 16.5. The molecule has 2 aromatic carbocycles. The van der Waals surface area contributed by atoms with E-state index in [2.05, 4.69) is 4.74 Å². The van der Waals surface area contributed by atoms with Crippen LogP contribution >= 0.6 is 0 Å². The fraction of sp³-hybridized carbons (Fsp3) is 0.250. The van der Waals surface area contributed by atoms with E-state index in [4.69, 9.17) is 4.74 Å². The second-order valence-electron chi connectivity index (χ2n) is 4.46. The van der Waals surface area contributed by atoms with Crippen molar-refractivity contribution < 1.29 is 19.1 Å². The molecule has 0 heterocycles. The predicted molar refractivity (Wildman–Crippen MR) is 75.3 cm³/mol. The molecule has 2 aromatic rings. The van der Waals surface area contributed by atoms with Crippen molar-refractivity contribution in [3.05, 3.63) is 48.0 Å². The molecule has 4 heteroatoms. The Bertz CT molecular complexity index is 633. The third kappa shape index (κ3) is 2.96. The van der Waals surface area contributed by atoms with Crippen LogP contribution in [0.2, 0.25) is 0 Å². The van der Waals surface area contributed by atoms with E-state index in [1.165, 1.54) is 14.2 Å². The van der Waals surface area contributed by atoms with Gasteiger partial charge < -0.3 is 9.47 Å². The first-order valence-corrected chi connectivity index (χ1v) is 6.29. The van der Waals surface area contributed by atoms with Crippen molar-refractivity contribution in [3.8, 4) is 0 Å². The van der Waals surface area contributed by atoms with E-state index >= 15 is 0 Å². The summed E-state index contributed by atoms with van der Waals surface area (Å²) in [5, 5.41) is 2.10. The minimum atomic E-state index is -0.642. The van der Waals surface area contributed by atoms with Crippen LogP contribution in [-0.2, 0) is 19.1 Å². The molecule has 0 aliphatic carbocycles. The first-order chi connectivity index (χ1) is 9.65. The van der Waals surface area contributed by atoms with Crippen molar-refractivity contribution in [1.29, 1.82) is 0 Å². The fourth-order valence-electron chi connectivity index (χ4n) is 2.15. The highest BCUT2D eigenvalue weighted by Crippen LogP contribution is 2.25. The average Bonchev–Trinajstić information content (AvgIpc) is 2.51. The highest BCUT2D eigenvalue weighted by molar-refractivity contribution is 5.88. The first-order valence-electron chi connectivity index (χ1n) is 6.29. The molecule has 0 unspecified atom stereocenters. The van der Waals surface area contributed by atoms with E-state index in [0.29, 0.717) is 0 Å². The van der Waals surface area contributed by atoms with E-state index in [-0.39, 0.29) is 6.42 Å². The summed E-state index contributed by atoms with van der Waals surface area (Å²) in [6.45, 7) is 0. The minimum Gasteiger partial charge on any atom is -0.469 e. The Morgan fingerprint density at radius 1 is 1.00 bits per heavy atom. The van der Waals surface area contributed by atoms with E-state index in [1.54, 1.807) is 0 Å². The lowest BCUT2D eigenvalue weighted by Gasteiger charge is -2.14. The average molecular weight is 272 g/mol. The zero-order chi connectivity index (χ0) is 14.5. The van der Waals surface area contributed by atoms with Crippen LogP contribution in [0.25, 0.3) is 10.8 Å². The molecule has 0 aliphatic rings. The van der Waals surface area contributed by atoms with Crippen LogP contribution in [-0.4, -0.2) is 26.2 Å². The lowest BCUT2D eigenvalue weighted by atomic mass is 9.93. The number of esters is 2. The van der Waals surface area contributed by atoms with E-state index in [0.717, 1.165) is 16.3 Å². The lowest BCUT2D eigenvalue weighted by molar-refractivity contribution is -0.149. The summed E-state index contributed by atoms with van der Waals surface area (Å²) < 4.78 is 9.42. The monoisotopic (exact) mass is 272 g/mol. The van der Waals surface area contributed by atoms with Gasteiger partial charge in [0, 0.05) is 0 Å². The highest BCUT2D eigenvalue weighted by Gasteiger charge is 2.25. The topological polar surface area (TPSA) is 52.6 Å². The first kappa shape index (κ1) is 14.1. The second-order valence-corrected chi connectivity index (χ2v) is 4.46. The molecule has 0 radical (unpaired) electrons. The van der Waals surface area contributed by atoms with Crippen LogP contribution in [0.15, 0.2) is 42.5 Å². The number of hydrogen-bond acceptors (Lipinski definition) is 4. The van der Waals surface area contributed by atoms with Crippen LogP contribution < -0.4 is 0 Å². The molecular weight excluding hydrogens is 256 g/mol. The van der Waals surface area contributed by atoms with Crippen LogP contribution in [0, 0.1) is 0 Å². The number of methoxy groups -OCH3 is 2. The van der Waals surface area contributed by atoms with E-state index in [1.807, 2.05) is 42.5 Å². The third-order valence-corrected chi connectivity index (χ3v) is 3.26. The lowest BCUT2D eigenvalue weighted by Crippen LogP contribution is -2.18. The quantitative estimate of drug-likeness (QED) is 0.803. The van der Waals surface area contributed by atoms with Gasteiger partial charge in [0.25, 0.3) is 0 Å². The Morgan fingerprint density at radius 3 is 2.35 bits per heavy atom. The largest absolute Gasteiger partial charge is 0.469 e. The molecule has 0 fully saturated rings. The number of benzene rings is 2. The Balaban J connectivity index is 2.39. The standard InChI is InChI=1S/C16H16O4/c1-19-15(17)10-14(16(18)20-2)13-8-7-11-5-3-4-6-12(11)9-13/h3-9,14H,10H2,1-2H3/t14-/m0/s1. The van der Waals surface area contributed by atoms with Crippen molar-refractivity contribution in [1.82, 2.24) is 0 Å². The maximum atomic E-state index is 11.9. The summed E-state index contributed by atoms with van der Waals surface area (Å²) in [4.78, 5) is 23.3. The molecule has 0 aromatic heterocycles. The zero-order valence-corrected chi connectivity index (χ0v) is 11.5. The smallest absolute Gasteiger partial charge is 0.313 e. The number of ether oxygens (including phenoxy) is 2. The number of fused-ring (bicyclic) bond motifs is 1. The van der Waals surface area contributed by atoms with Gasteiger partial charge in [-0.2, -0.15) is 0 Å². The minimum absolute atomic E-state index is 0.0263. The van der Waals surface area contributed by atoms with E-state index in [9.17, 15) is 9.59 Å². The van der Waals surface area contributed by atoms with Crippen LogP contribution in [0.1, 0.15) is 17.9 Å². The van der Waals surface area contributed by atoms with Crippen molar-refractivity contribution in [3.63, 3.8) is 0 Å². The second kappa shape index (κ2) is 6.19. The molecule has 0 aliphatic heterocycles. The van der Waals surface area contributed by atoms with Crippen LogP contribution in [0.3, 0.4) is 0 Å². The summed E-state index contributed by atoms with van der Waals surface area (Å²) in [5.41, 5.74) is 0.751. The summed E-state index contributed by atoms with van der Waals surface area (Å²) in [6.07, 6.45) is -0.0263. The molecule has 1 atom stereocenters. The Hall–Kier alpha value is -2.36. The SMILES string of the molecule is COC(=O)C[C@H](C(=O)OC)c1ccc2ccccc2c1. The van der Waals surface area contributed by atoms with Gasteiger partial charge in [-0.05, 0) is 16.3 Å².